The summed E-state index contributed by atoms with van der Waals surface area (Å²) < 4.78 is 32.6. The summed E-state index contributed by atoms with van der Waals surface area (Å²) in [5.41, 5.74) is 7.65. The molecule has 1 aliphatic heterocycles. The minimum Gasteiger partial charge on any atom is -0.489 e. The molecule has 0 saturated heterocycles. The van der Waals surface area contributed by atoms with E-state index in [1.807, 2.05) is 6.07 Å². The summed E-state index contributed by atoms with van der Waals surface area (Å²) >= 11 is 0. The molecule has 0 spiro atoms. The number of benzene rings is 2. The van der Waals surface area contributed by atoms with E-state index in [4.69, 9.17) is 10.5 Å². The zero-order chi connectivity index (χ0) is 15.0. The Kier molecular flexibility index (Phi) is 3.25. The average molecular weight is 304 g/mol. The summed E-state index contributed by atoms with van der Waals surface area (Å²) in [6.45, 7) is 2.43. The van der Waals surface area contributed by atoms with Gasteiger partial charge >= 0.3 is 0 Å². The molecule has 0 radical (unpaired) electrons. The van der Waals surface area contributed by atoms with Gasteiger partial charge in [0.1, 0.15) is 12.4 Å². The van der Waals surface area contributed by atoms with E-state index in [2.05, 4.69) is 0 Å². The van der Waals surface area contributed by atoms with Gasteiger partial charge in [-0.3, -0.25) is 4.31 Å². The number of aryl methyl sites for hydroxylation is 1. The zero-order valence-corrected chi connectivity index (χ0v) is 12.4. The molecule has 0 atom stereocenters. The molecule has 2 aromatic carbocycles. The third-order valence-electron chi connectivity index (χ3n) is 3.52. The Morgan fingerprint density at radius 3 is 2.71 bits per heavy atom. The van der Waals surface area contributed by atoms with Crippen LogP contribution < -0.4 is 14.8 Å². The van der Waals surface area contributed by atoms with Crippen LogP contribution in [0.25, 0.3) is 0 Å². The molecule has 0 saturated carbocycles. The highest BCUT2D eigenvalue weighted by Gasteiger charge is 2.29. The lowest BCUT2D eigenvalue weighted by Crippen LogP contribution is -2.37. The van der Waals surface area contributed by atoms with Crippen LogP contribution in [0.2, 0.25) is 0 Å². The Balaban J connectivity index is 2.09. The summed E-state index contributed by atoms with van der Waals surface area (Å²) in [7, 11) is -3.62. The minimum absolute atomic E-state index is 0.242. The summed E-state index contributed by atoms with van der Waals surface area (Å²) in [5, 5.41) is 0. The molecule has 1 aliphatic rings. The lowest BCUT2D eigenvalue weighted by Gasteiger charge is -2.30. The van der Waals surface area contributed by atoms with E-state index < -0.39 is 10.0 Å². The second-order valence-corrected chi connectivity index (χ2v) is 6.77. The standard InChI is InChI=1S/C15H16N2O3S/c1-11-10-12(6-7-13(11)16)21(18,19)17-8-9-20-15-5-3-2-4-14(15)17/h2-7,10H,8-9,16H2,1H3. The van der Waals surface area contributed by atoms with E-state index >= 15 is 0 Å². The van der Waals surface area contributed by atoms with Crippen molar-refractivity contribution in [2.75, 3.05) is 23.2 Å². The molecule has 1 heterocycles. The van der Waals surface area contributed by atoms with Gasteiger partial charge in [0, 0.05) is 5.69 Å². The van der Waals surface area contributed by atoms with E-state index in [1.54, 1.807) is 37.3 Å². The summed E-state index contributed by atoms with van der Waals surface area (Å²) in [5.74, 6) is 0.583. The highest BCUT2D eigenvalue weighted by Crippen LogP contribution is 2.35. The Hall–Kier alpha value is -2.21. The first-order chi connectivity index (χ1) is 10.00. The number of nitrogens with two attached hydrogens (primary N) is 1. The molecule has 0 fully saturated rings. The molecule has 5 nitrogen and oxygen atoms in total. The number of anilines is 2. The number of rotatable bonds is 2. The van der Waals surface area contributed by atoms with Crippen LogP contribution >= 0.6 is 0 Å². The van der Waals surface area contributed by atoms with Crippen molar-refractivity contribution in [1.82, 2.24) is 0 Å². The monoisotopic (exact) mass is 304 g/mol. The molecule has 6 heteroatoms. The fourth-order valence-electron chi connectivity index (χ4n) is 2.33. The van der Waals surface area contributed by atoms with Gasteiger partial charge in [0.05, 0.1) is 17.1 Å². The van der Waals surface area contributed by atoms with E-state index in [9.17, 15) is 8.42 Å². The summed E-state index contributed by atoms with van der Waals surface area (Å²) in [6, 6.07) is 11.9. The molecule has 0 bridgehead atoms. The Morgan fingerprint density at radius 1 is 1.19 bits per heavy atom. The first-order valence-electron chi connectivity index (χ1n) is 6.61. The van der Waals surface area contributed by atoms with Gasteiger partial charge < -0.3 is 10.5 Å². The first-order valence-corrected chi connectivity index (χ1v) is 8.05. The predicted octanol–water partition coefficient (Wildman–Crippen LogP) is 2.16. The van der Waals surface area contributed by atoms with Crippen LogP contribution in [0.5, 0.6) is 5.75 Å². The van der Waals surface area contributed by atoms with Crippen molar-refractivity contribution in [3.63, 3.8) is 0 Å². The zero-order valence-electron chi connectivity index (χ0n) is 11.6. The van der Waals surface area contributed by atoms with E-state index in [0.717, 1.165) is 5.56 Å². The van der Waals surface area contributed by atoms with E-state index in [1.165, 1.54) is 10.4 Å². The van der Waals surface area contributed by atoms with Crippen LogP contribution in [0, 0.1) is 6.92 Å². The maximum atomic E-state index is 12.8. The quantitative estimate of drug-likeness (QED) is 0.863. The van der Waals surface area contributed by atoms with Gasteiger partial charge in [-0.05, 0) is 42.8 Å². The predicted molar refractivity (Wildman–Crippen MR) is 82.1 cm³/mol. The van der Waals surface area contributed by atoms with Crippen LogP contribution in [0.3, 0.4) is 0 Å². The van der Waals surface area contributed by atoms with Crippen molar-refractivity contribution >= 4 is 21.4 Å². The molecular weight excluding hydrogens is 288 g/mol. The van der Waals surface area contributed by atoms with Crippen molar-refractivity contribution in [2.24, 2.45) is 0 Å². The molecule has 21 heavy (non-hydrogen) atoms. The summed E-state index contributed by atoms with van der Waals surface area (Å²) in [4.78, 5) is 0.242. The molecule has 0 unspecified atom stereocenters. The van der Waals surface area contributed by atoms with Crippen LogP contribution in [0.4, 0.5) is 11.4 Å². The number of ether oxygens (including phenoxy) is 1. The number of hydrogen-bond acceptors (Lipinski definition) is 4. The molecule has 3 rings (SSSR count). The van der Waals surface area contributed by atoms with Gasteiger partial charge in [0.15, 0.2) is 0 Å². The van der Waals surface area contributed by atoms with E-state index in [0.29, 0.717) is 30.3 Å². The van der Waals surface area contributed by atoms with Crippen molar-refractivity contribution in [3.05, 3.63) is 48.0 Å². The number of nitrogen functional groups attached to an aromatic ring is 1. The highest BCUT2D eigenvalue weighted by atomic mass is 32.2. The topological polar surface area (TPSA) is 72.6 Å². The third-order valence-corrected chi connectivity index (χ3v) is 5.32. The maximum Gasteiger partial charge on any atom is 0.264 e. The minimum atomic E-state index is -3.62. The van der Waals surface area contributed by atoms with Crippen molar-refractivity contribution in [1.29, 1.82) is 0 Å². The number of hydrogen-bond donors (Lipinski definition) is 1. The van der Waals surface area contributed by atoms with Gasteiger partial charge in [0.25, 0.3) is 10.0 Å². The second kappa shape index (κ2) is 4.96. The summed E-state index contributed by atoms with van der Waals surface area (Å²) in [6.07, 6.45) is 0. The Bertz CT molecular complexity index is 787. The number of para-hydroxylation sites is 2. The van der Waals surface area contributed by atoms with Crippen LogP contribution in [0.15, 0.2) is 47.4 Å². The molecule has 110 valence electrons. The smallest absolute Gasteiger partial charge is 0.264 e. The van der Waals surface area contributed by atoms with Crippen LogP contribution in [0.1, 0.15) is 5.56 Å². The molecular formula is C15H16N2O3S. The first kappa shape index (κ1) is 13.8. The van der Waals surface area contributed by atoms with Crippen LogP contribution in [-0.4, -0.2) is 21.6 Å². The fraction of sp³-hybridized carbons (Fsp3) is 0.200. The normalized spacial score (nSPS) is 14.4. The lowest BCUT2D eigenvalue weighted by molar-refractivity contribution is 0.316. The van der Waals surface area contributed by atoms with E-state index in [-0.39, 0.29) is 4.90 Å². The van der Waals surface area contributed by atoms with Gasteiger partial charge in [-0.15, -0.1) is 0 Å². The molecule has 2 N–H and O–H groups in total. The molecule has 0 aromatic heterocycles. The highest BCUT2D eigenvalue weighted by molar-refractivity contribution is 7.92. The number of nitrogens with zero attached hydrogens (tertiary/aromatic N) is 1. The largest absolute Gasteiger partial charge is 0.489 e. The van der Waals surface area contributed by atoms with Gasteiger partial charge in [-0.2, -0.15) is 0 Å². The van der Waals surface area contributed by atoms with Crippen molar-refractivity contribution in [2.45, 2.75) is 11.8 Å². The fourth-order valence-corrected chi connectivity index (χ4v) is 3.87. The lowest BCUT2D eigenvalue weighted by atomic mass is 10.2. The molecule has 2 aromatic rings. The number of fused-ring (bicyclic) bond motifs is 1. The molecule has 0 aliphatic carbocycles. The third kappa shape index (κ3) is 2.31. The van der Waals surface area contributed by atoms with Crippen LogP contribution in [-0.2, 0) is 10.0 Å². The Labute approximate surface area is 124 Å². The molecule has 0 amide bonds. The van der Waals surface area contributed by atoms with Gasteiger partial charge in [-0.1, -0.05) is 12.1 Å². The number of sulfonamides is 1. The average Bonchev–Trinajstić information content (AvgIpc) is 2.49. The SMILES string of the molecule is Cc1cc(S(=O)(=O)N2CCOc3ccccc32)ccc1N. The maximum absolute atomic E-state index is 12.8. The Morgan fingerprint density at radius 2 is 1.95 bits per heavy atom. The van der Waals surface area contributed by atoms with Gasteiger partial charge in [0.2, 0.25) is 0 Å². The second-order valence-electron chi connectivity index (χ2n) is 4.91. The van der Waals surface area contributed by atoms with Gasteiger partial charge in [-0.25, -0.2) is 8.42 Å². The van der Waals surface area contributed by atoms with Crippen molar-refractivity contribution in [3.8, 4) is 5.75 Å². The van der Waals surface area contributed by atoms with Crippen molar-refractivity contribution < 1.29 is 13.2 Å².